The number of ketones is 1. The van der Waals surface area contributed by atoms with Crippen molar-refractivity contribution in [1.82, 2.24) is 0 Å². The van der Waals surface area contributed by atoms with Crippen LogP contribution in [0.15, 0.2) is 0 Å². The summed E-state index contributed by atoms with van der Waals surface area (Å²) >= 11 is 0. The van der Waals surface area contributed by atoms with Gasteiger partial charge in [-0.3, -0.25) is 4.79 Å². The number of carbonyl (C=O) groups is 1. The molecule has 0 fully saturated rings. The van der Waals surface area contributed by atoms with E-state index in [-0.39, 0.29) is 5.78 Å². The molecular weight excluding hydrogens is 172 g/mol. The molecule has 0 aromatic carbocycles. The summed E-state index contributed by atoms with van der Waals surface area (Å²) in [6.45, 7) is 0. The maximum Gasteiger partial charge on any atom is 0.205 e. The first-order chi connectivity index (χ1) is 6.89. The van der Waals surface area contributed by atoms with E-state index in [4.69, 9.17) is 0 Å². The van der Waals surface area contributed by atoms with Crippen LogP contribution < -0.4 is 0 Å². The highest BCUT2D eigenvalue weighted by Gasteiger charge is 1.96. The Hall–Kier alpha value is -1.21. The van der Waals surface area contributed by atoms with Gasteiger partial charge < -0.3 is 0 Å². The van der Waals surface area contributed by atoms with Crippen LogP contribution >= 0.6 is 0 Å². The van der Waals surface area contributed by atoms with Gasteiger partial charge in [-0.15, -0.1) is 11.8 Å². The van der Waals surface area contributed by atoms with Gasteiger partial charge in [-0.1, -0.05) is 5.92 Å². The zero-order valence-corrected chi connectivity index (χ0v) is 8.57. The van der Waals surface area contributed by atoms with Crippen LogP contribution in [0.2, 0.25) is 0 Å². The molecule has 1 rings (SSSR count). The van der Waals surface area contributed by atoms with E-state index in [0.717, 1.165) is 44.9 Å². The average molecular weight is 188 g/mol. The Morgan fingerprint density at radius 2 is 1.36 bits per heavy atom. The standard InChI is InChI=1S/C13H16O/c14-13-11-9-7-5-3-1-2-4-6-8-10-12-13/h1,3,5-8,10,12H2. The lowest BCUT2D eigenvalue weighted by Crippen LogP contribution is -1.92. The van der Waals surface area contributed by atoms with Gasteiger partial charge in [-0.2, -0.15) is 0 Å². The first kappa shape index (κ1) is 10.9. The second-order valence-corrected chi connectivity index (χ2v) is 3.49. The van der Waals surface area contributed by atoms with Gasteiger partial charge in [0.05, 0.1) is 0 Å². The maximum atomic E-state index is 11.2. The Kier molecular flexibility index (Phi) is 5.60. The molecule has 0 spiro atoms. The molecule has 0 bridgehead atoms. The number of Topliss-reactive ketones (excluding diaryl/α,β-unsaturated/α-hetero) is 1. The first-order valence-corrected chi connectivity index (χ1v) is 5.37. The van der Waals surface area contributed by atoms with E-state index in [0.29, 0.717) is 6.42 Å². The molecule has 1 aliphatic carbocycles. The van der Waals surface area contributed by atoms with Crippen LogP contribution in [-0.4, -0.2) is 5.78 Å². The summed E-state index contributed by atoms with van der Waals surface area (Å²) in [5.41, 5.74) is 0. The van der Waals surface area contributed by atoms with Gasteiger partial charge in [0.25, 0.3) is 0 Å². The second-order valence-electron chi connectivity index (χ2n) is 3.49. The van der Waals surface area contributed by atoms with Gasteiger partial charge in [-0.25, -0.2) is 0 Å². The van der Waals surface area contributed by atoms with Crippen molar-refractivity contribution in [2.24, 2.45) is 0 Å². The van der Waals surface area contributed by atoms with Gasteiger partial charge in [0.2, 0.25) is 5.78 Å². The molecule has 0 radical (unpaired) electrons. The number of hydrogen-bond donors (Lipinski definition) is 0. The Balaban J connectivity index is 2.39. The Bertz CT molecular complexity index is 293. The quantitative estimate of drug-likeness (QED) is 0.422. The van der Waals surface area contributed by atoms with E-state index in [2.05, 4.69) is 23.7 Å². The fraction of sp³-hybridized carbons (Fsp3) is 0.615. The summed E-state index contributed by atoms with van der Waals surface area (Å²) in [5.74, 6) is 12.0. The topological polar surface area (TPSA) is 17.1 Å². The molecule has 0 N–H and O–H groups in total. The van der Waals surface area contributed by atoms with Crippen LogP contribution in [0.4, 0.5) is 0 Å². The molecule has 74 valence electrons. The smallest absolute Gasteiger partial charge is 0.205 e. The van der Waals surface area contributed by atoms with Gasteiger partial charge in [0.1, 0.15) is 0 Å². The van der Waals surface area contributed by atoms with Crippen molar-refractivity contribution in [3.8, 4) is 23.7 Å². The summed E-state index contributed by atoms with van der Waals surface area (Å²) in [6, 6.07) is 0. The van der Waals surface area contributed by atoms with E-state index in [1.165, 1.54) is 0 Å². The zero-order valence-electron chi connectivity index (χ0n) is 8.57. The molecule has 14 heavy (non-hydrogen) atoms. The molecule has 0 heterocycles. The van der Waals surface area contributed by atoms with Crippen LogP contribution in [0, 0.1) is 23.7 Å². The van der Waals surface area contributed by atoms with Crippen molar-refractivity contribution in [2.45, 2.75) is 51.4 Å². The van der Waals surface area contributed by atoms with Crippen LogP contribution in [-0.2, 0) is 4.79 Å². The van der Waals surface area contributed by atoms with Gasteiger partial charge in [0.15, 0.2) is 0 Å². The Morgan fingerprint density at radius 3 is 2.07 bits per heavy atom. The molecule has 0 amide bonds. The molecule has 0 aromatic rings. The Labute approximate surface area is 86.3 Å². The number of carbonyl (C=O) groups excluding carboxylic acids is 1. The van der Waals surface area contributed by atoms with Crippen molar-refractivity contribution < 1.29 is 4.79 Å². The van der Waals surface area contributed by atoms with Crippen molar-refractivity contribution in [1.29, 1.82) is 0 Å². The predicted octanol–water partition coefficient (Wildman–Crippen LogP) is 2.70. The lowest BCUT2D eigenvalue weighted by Gasteiger charge is -1.91. The van der Waals surface area contributed by atoms with Gasteiger partial charge in [0, 0.05) is 25.7 Å². The summed E-state index contributed by atoms with van der Waals surface area (Å²) in [7, 11) is 0. The third-order valence-electron chi connectivity index (χ3n) is 2.16. The van der Waals surface area contributed by atoms with Crippen molar-refractivity contribution >= 4 is 5.78 Å². The molecule has 1 nitrogen and oxygen atoms in total. The normalized spacial score (nSPS) is 18.7. The van der Waals surface area contributed by atoms with Gasteiger partial charge in [-0.05, 0) is 31.6 Å². The lowest BCUT2D eigenvalue weighted by atomic mass is 10.1. The van der Waals surface area contributed by atoms with Crippen molar-refractivity contribution in [2.75, 3.05) is 0 Å². The molecule has 0 saturated heterocycles. The molecule has 0 atom stereocenters. The summed E-state index contributed by atoms with van der Waals surface area (Å²) in [5, 5.41) is 0. The summed E-state index contributed by atoms with van der Waals surface area (Å²) < 4.78 is 0. The number of rotatable bonds is 0. The van der Waals surface area contributed by atoms with Crippen LogP contribution in [0.3, 0.4) is 0 Å². The van der Waals surface area contributed by atoms with E-state index in [1.807, 2.05) is 0 Å². The lowest BCUT2D eigenvalue weighted by molar-refractivity contribution is -0.113. The molecule has 0 aromatic heterocycles. The second kappa shape index (κ2) is 7.22. The highest BCUT2D eigenvalue weighted by atomic mass is 16.1. The van der Waals surface area contributed by atoms with Crippen LogP contribution in [0.5, 0.6) is 0 Å². The van der Waals surface area contributed by atoms with Crippen LogP contribution in [0.25, 0.3) is 0 Å². The highest BCUT2D eigenvalue weighted by Crippen LogP contribution is 2.02. The predicted molar refractivity (Wildman–Crippen MR) is 57.5 cm³/mol. The third kappa shape index (κ3) is 5.44. The van der Waals surface area contributed by atoms with E-state index >= 15 is 0 Å². The monoisotopic (exact) mass is 188 g/mol. The zero-order chi connectivity index (χ0) is 10.1. The Morgan fingerprint density at radius 1 is 0.786 bits per heavy atom. The van der Waals surface area contributed by atoms with Crippen LogP contribution in [0.1, 0.15) is 51.4 Å². The van der Waals surface area contributed by atoms with Crippen molar-refractivity contribution in [3.63, 3.8) is 0 Å². The van der Waals surface area contributed by atoms with Gasteiger partial charge >= 0.3 is 0 Å². The molecular formula is C13H16O. The van der Waals surface area contributed by atoms with E-state index in [1.54, 1.807) is 0 Å². The maximum absolute atomic E-state index is 11.2. The fourth-order valence-corrected chi connectivity index (χ4v) is 1.33. The average Bonchev–Trinajstić information content (AvgIpc) is 2.20. The molecule has 0 aliphatic heterocycles. The summed E-state index contributed by atoms with van der Waals surface area (Å²) in [4.78, 5) is 11.2. The first-order valence-electron chi connectivity index (χ1n) is 5.37. The largest absolute Gasteiger partial charge is 0.285 e. The summed E-state index contributed by atoms with van der Waals surface area (Å²) in [6.07, 6.45) is 7.49. The minimum Gasteiger partial charge on any atom is -0.285 e. The minimum atomic E-state index is 0.0946. The van der Waals surface area contributed by atoms with E-state index in [9.17, 15) is 4.79 Å². The van der Waals surface area contributed by atoms with E-state index < -0.39 is 0 Å². The minimum absolute atomic E-state index is 0.0946. The molecule has 1 heteroatoms. The molecule has 0 saturated carbocycles. The fourth-order valence-electron chi connectivity index (χ4n) is 1.33. The highest BCUT2D eigenvalue weighted by molar-refractivity contribution is 5.95. The molecule has 1 aliphatic rings. The third-order valence-corrected chi connectivity index (χ3v) is 2.16. The molecule has 0 unspecified atom stereocenters. The SMILES string of the molecule is O=C1C#CCCCCC#CCCCC1. The number of hydrogen-bond acceptors (Lipinski definition) is 1. The van der Waals surface area contributed by atoms with Crippen molar-refractivity contribution in [3.05, 3.63) is 0 Å².